The van der Waals surface area contributed by atoms with Gasteiger partial charge in [0.2, 0.25) is 0 Å². The normalized spacial score (nSPS) is 20.2. The van der Waals surface area contributed by atoms with Crippen LogP contribution in [0.5, 0.6) is 0 Å². The van der Waals surface area contributed by atoms with Crippen molar-refractivity contribution in [2.45, 2.75) is 31.8 Å². The van der Waals surface area contributed by atoms with Gasteiger partial charge in [-0.05, 0) is 43.9 Å². The van der Waals surface area contributed by atoms with E-state index in [9.17, 15) is 5.11 Å². The maximum Gasteiger partial charge on any atom is 0.0897 e. The Morgan fingerprint density at radius 3 is 2.75 bits per heavy atom. The molecule has 64 valence electrons. The summed E-state index contributed by atoms with van der Waals surface area (Å²) in [5.74, 6) is 0. The van der Waals surface area contributed by atoms with Crippen molar-refractivity contribution in [3.8, 4) is 0 Å². The number of rotatable bonds is 1. The van der Waals surface area contributed by atoms with Crippen LogP contribution in [0.4, 0.5) is 0 Å². The smallest absolute Gasteiger partial charge is 0.0897 e. The molecule has 0 atom stereocenters. The maximum absolute atomic E-state index is 9.98. The molecule has 0 aromatic carbocycles. The standard InChI is InChI=1S/C10H13NO/c1-8-7-9(3-6-11-8)10(12)4-2-5-10/h3,6-7,12H,2,4-5H2,1H3. The Labute approximate surface area is 72.3 Å². The van der Waals surface area contributed by atoms with Gasteiger partial charge in [-0.1, -0.05) is 0 Å². The fraction of sp³-hybridized carbons (Fsp3) is 0.500. The summed E-state index contributed by atoms with van der Waals surface area (Å²) in [7, 11) is 0. The average molecular weight is 163 g/mol. The van der Waals surface area contributed by atoms with Crippen LogP contribution in [0.25, 0.3) is 0 Å². The number of nitrogens with zero attached hydrogens (tertiary/aromatic N) is 1. The Hall–Kier alpha value is -0.890. The first-order chi connectivity index (χ1) is 5.71. The van der Waals surface area contributed by atoms with Crippen LogP contribution in [-0.4, -0.2) is 10.1 Å². The van der Waals surface area contributed by atoms with Gasteiger partial charge in [0, 0.05) is 11.9 Å². The molecule has 1 aromatic rings. The third-order valence-corrected chi connectivity index (χ3v) is 2.61. The number of aliphatic hydroxyl groups is 1. The third kappa shape index (κ3) is 1.12. The van der Waals surface area contributed by atoms with Gasteiger partial charge in [-0.3, -0.25) is 4.98 Å². The Balaban J connectivity index is 2.33. The first kappa shape index (κ1) is 7.74. The van der Waals surface area contributed by atoms with E-state index in [2.05, 4.69) is 4.98 Å². The molecule has 1 N–H and O–H groups in total. The van der Waals surface area contributed by atoms with E-state index in [0.29, 0.717) is 0 Å². The van der Waals surface area contributed by atoms with E-state index in [1.165, 1.54) is 0 Å². The van der Waals surface area contributed by atoms with Crippen molar-refractivity contribution < 1.29 is 5.11 Å². The minimum absolute atomic E-state index is 0.534. The molecular formula is C10H13NO. The van der Waals surface area contributed by atoms with Gasteiger partial charge in [0.15, 0.2) is 0 Å². The van der Waals surface area contributed by atoms with Crippen molar-refractivity contribution in [2.75, 3.05) is 0 Å². The summed E-state index contributed by atoms with van der Waals surface area (Å²) in [5, 5.41) is 9.98. The van der Waals surface area contributed by atoms with Crippen LogP contribution in [0.3, 0.4) is 0 Å². The molecule has 0 saturated heterocycles. The molecule has 2 heteroatoms. The number of hydrogen-bond acceptors (Lipinski definition) is 2. The molecule has 0 aliphatic heterocycles. The van der Waals surface area contributed by atoms with Crippen LogP contribution in [-0.2, 0) is 5.60 Å². The predicted molar refractivity (Wildman–Crippen MR) is 46.7 cm³/mol. The van der Waals surface area contributed by atoms with Crippen molar-refractivity contribution in [2.24, 2.45) is 0 Å². The lowest BCUT2D eigenvalue weighted by atomic mass is 9.75. The molecule has 0 spiro atoms. The van der Waals surface area contributed by atoms with E-state index >= 15 is 0 Å². The van der Waals surface area contributed by atoms with Gasteiger partial charge in [-0.2, -0.15) is 0 Å². The van der Waals surface area contributed by atoms with Crippen molar-refractivity contribution in [1.82, 2.24) is 4.98 Å². The van der Waals surface area contributed by atoms with Crippen LogP contribution >= 0.6 is 0 Å². The zero-order valence-corrected chi connectivity index (χ0v) is 7.25. The van der Waals surface area contributed by atoms with Crippen LogP contribution in [0.2, 0.25) is 0 Å². The summed E-state index contributed by atoms with van der Waals surface area (Å²) >= 11 is 0. The minimum atomic E-state index is -0.534. The number of aryl methyl sites for hydroxylation is 1. The first-order valence-corrected chi connectivity index (χ1v) is 4.36. The van der Waals surface area contributed by atoms with E-state index in [4.69, 9.17) is 0 Å². The molecule has 1 aromatic heterocycles. The van der Waals surface area contributed by atoms with Crippen molar-refractivity contribution in [1.29, 1.82) is 0 Å². The van der Waals surface area contributed by atoms with Crippen LogP contribution in [0.1, 0.15) is 30.5 Å². The van der Waals surface area contributed by atoms with Gasteiger partial charge in [0.25, 0.3) is 0 Å². The molecule has 1 fully saturated rings. The summed E-state index contributed by atoms with van der Waals surface area (Å²) in [5.41, 5.74) is 1.47. The molecule has 0 bridgehead atoms. The fourth-order valence-corrected chi connectivity index (χ4v) is 1.64. The molecular weight excluding hydrogens is 150 g/mol. The second kappa shape index (κ2) is 2.56. The zero-order chi connectivity index (χ0) is 8.60. The second-order valence-corrected chi connectivity index (χ2v) is 3.57. The Morgan fingerprint density at radius 2 is 2.25 bits per heavy atom. The SMILES string of the molecule is Cc1cc(C2(O)CCC2)ccn1. The maximum atomic E-state index is 9.98. The van der Waals surface area contributed by atoms with E-state index in [1.807, 2.05) is 19.1 Å². The van der Waals surface area contributed by atoms with Crippen LogP contribution in [0.15, 0.2) is 18.3 Å². The van der Waals surface area contributed by atoms with Gasteiger partial charge in [-0.15, -0.1) is 0 Å². The monoisotopic (exact) mass is 163 g/mol. The second-order valence-electron chi connectivity index (χ2n) is 3.57. The summed E-state index contributed by atoms with van der Waals surface area (Å²) < 4.78 is 0. The molecule has 12 heavy (non-hydrogen) atoms. The summed E-state index contributed by atoms with van der Waals surface area (Å²) in [6.07, 6.45) is 4.70. The van der Waals surface area contributed by atoms with Crippen molar-refractivity contribution >= 4 is 0 Å². The molecule has 2 rings (SSSR count). The number of hydrogen-bond donors (Lipinski definition) is 1. The number of pyridine rings is 1. The van der Waals surface area contributed by atoms with Gasteiger partial charge in [0.1, 0.15) is 0 Å². The highest BCUT2D eigenvalue weighted by molar-refractivity contribution is 5.24. The summed E-state index contributed by atoms with van der Waals surface area (Å²) in [6, 6.07) is 3.88. The average Bonchev–Trinajstić information content (AvgIpc) is 2.00. The predicted octanol–water partition coefficient (Wildman–Crippen LogP) is 1.76. The number of aromatic nitrogens is 1. The molecule has 0 amide bonds. The van der Waals surface area contributed by atoms with Crippen LogP contribution in [0, 0.1) is 6.92 Å². The van der Waals surface area contributed by atoms with Gasteiger partial charge in [-0.25, -0.2) is 0 Å². The van der Waals surface area contributed by atoms with Gasteiger partial charge < -0.3 is 5.11 Å². The van der Waals surface area contributed by atoms with Gasteiger partial charge in [0.05, 0.1) is 5.60 Å². The third-order valence-electron chi connectivity index (χ3n) is 2.61. The van der Waals surface area contributed by atoms with E-state index in [1.54, 1.807) is 6.20 Å². The lowest BCUT2D eigenvalue weighted by Gasteiger charge is -2.37. The largest absolute Gasteiger partial charge is 0.385 e. The molecule has 1 heterocycles. The highest BCUT2D eigenvalue weighted by Gasteiger charge is 2.36. The van der Waals surface area contributed by atoms with Crippen molar-refractivity contribution in [3.63, 3.8) is 0 Å². The first-order valence-electron chi connectivity index (χ1n) is 4.36. The molecule has 0 unspecified atom stereocenters. The minimum Gasteiger partial charge on any atom is -0.385 e. The highest BCUT2D eigenvalue weighted by Crippen LogP contribution is 2.40. The zero-order valence-electron chi connectivity index (χ0n) is 7.25. The highest BCUT2D eigenvalue weighted by atomic mass is 16.3. The Kier molecular flexibility index (Phi) is 1.65. The molecule has 1 aliphatic rings. The van der Waals surface area contributed by atoms with E-state index in [0.717, 1.165) is 30.5 Å². The van der Waals surface area contributed by atoms with E-state index in [-0.39, 0.29) is 0 Å². The molecule has 0 radical (unpaired) electrons. The lowest BCUT2D eigenvalue weighted by molar-refractivity contribution is -0.0389. The summed E-state index contributed by atoms with van der Waals surface area (Å²) in [6.45, 7) is 1.95. The Morgan fingerprint density at radius 1 is 1.50 bits per heavy atom. The Bertz CT molecular complexity index is 292. The van der Waals surface area contributed by atoms with Crippen LogP contribution < -0.4 is 0 Å². The quantitative estimate of drug-likeness (QED) is 0.684. The molecule has 1 aliphatic carbocycles. The molecule has 1 saturated carbocycles. The lowest BCUT2D eigenvalue weighted by Crippen LogP contribution is -2.33. The fourth-order valence-electron chi connectivity index (χ4n) is 1.64. The van der Waals surface area contributed by atoms with Gasteiger partial charge >= 0.3 is 0 Å². The molecule has 2 nitrogen and oxygen atoms in total. The van der Waals surface area contributed by atoms with E-state index < -0.39 is 5.60 Å². The topological polar surface area (TPSA) is 33.1 Å². The summed E-state index contributed by atoms with van der Waals surface area (Å²) in [4.78, 5) is 4.10. The van der Waals surface area contributed by atoms with Crippen molar-refractivity contribution in [3.05, 3.63) is 29.6 Å².